The van der Waals surface area contributed by atoms with Crippen LogP contribution in [0.3, 0.4) is 0 Å². The van der Waals surface area contributed by atoms with Crippen LogP contribution in [-0.4, -0.2) is 67.0 Å². The Morgan fingerprint density at radius 2 is 1.91 bits per heavy atom. The number of rotatable bonds is 11. The lowest BCUT2D eigenvalue weighted by atomic mass is 9.89. The number of hydrogen-bond donors (Lipinski definition) is 3. The summed E-state index contributed by atoms with van der Waals surface area (Å²) in [6.45, 7) is 2.95. The molecule has 0 unspecified atom stereocenters. The van der Waals surface area contributed by atoms with Crippen LogP contribution in [0.4, 0.5) is 4.79 Å². The summed E-state index contributed by atoms with van der Waals surface area (Å²) in [5.74, 6) is -2.60. The van der Waals surface area contributed by atoms with Gasteiger partial charge in [-0.15, -0.1) is 0 Å². The van der Waals surface area contributed by atoms with E-state index < -0.39 is 35.4 Å². The Bertz CT molecular complexity index is 910. The number of nitrogens with two attached hydrogens (primary N) is 1. The number of nitrogens with one attached hydrogen (secondary N) is 1. The van der Waals surface area contributed by atoms with Crippen LogP contribution in [0.1, 0.15) is 32.3 Å². The number of aliphatic hydroxyl groups excluding tert-OH is 1. The van der Waals surface area contributed by atoms with Crippen molar-refractivity contribution in [2.45, 2.75) is 44.9 Å². The van der Waals surface area contributed by atoms with Gasteiger partial charge in [0.1, 0.15) is 12.1 Å². The highest BCUT2D eigenvalue weighted by molar-refractivity contribution is 5.96. The zero-order valence-corrected chi connectivity index (χ0v) is 19.7. The van der Waals surface area contributed by atoms with Gasteiger partial charge in [-0.3, -0.25) is 0 Å². The largest absolute Gasteiger partial charge is 0.463 e. The molecule has 1 amide bonds. The lowest BCUT2D eigenvalue weighted by Crippen LogP contribution is -2.63. The Morgan fingerprint density at radius 3 is 2.51 bits per heavy atom. The van der Waals surface area contributed by atoms with Crippen molar-refractivity contribution in [2.75, 3.05) is 26.4 Å². The minimum Gasteiger partial charge on any atom is -0.463 e. The summed E-state index contributed by atoms with van der Waals surface area (Å²) >= 11 is 0. The highest BCUT2D eigenvalue weighted by Gasteiger charge is 2.42. The number of hydrogen-bond acceptors (Lipinski definition) is 10. The Labute approximate surface area is 203 Å². The molecule has 0 aromatic heterocycles. The number of aliphatic hydroxyl groups is 1. The predicted molar refractivity (Wildman–Crippen MR) is 123 cm³/mol. The number of nitrogens with zero attached hydrogens (tertiary/aromatic N) is 1. The molecule has 1 aromatic carbocycles. The molecule has 0 aliphatic carbocycles. The minimum atomic E-state index is -1.36. The van der Waals surface area contributed by atoms with Crippen molar-refractivity contribution < 1.29 is 43.3 Å². The van der Waals surface area contributed by atoms with Crippen LogP contribution in [0.25, 0.3) is 0 Å². The second kappa shape index (κ2) is 13.9. The fourth-order valence-electron chi connectivity index (χ4n) is 3.09. The van der Waals surface area contributed by atoms with Gasteiger partial charge in [-0.1, -0.05) is 35.5 Å². The molecule has 1 heterocycles. The predicted octanol–water partition coefficient (Wildman–Crippen LogP) is 1.12. The van der Waals surface area contributed by atoms with Crippen LogP contribution in [0.2, 0.25) is 0 Å². The van der Waals surface area contributed by atoms with Crippen LogP contribution in [0, 0.1) is 0 Å². The first-order valence-corrected chi connectivity index (χ1v) is 11.1. The Kier molecular flexibility index (Phi) is 11.0. The number of benzene rings is 1. The molecule has 0 radical (unpaired) electrons. The lowest BCUT2D eigenvalue weighted by molar-refractivity contribution is -0.144. The molecule has 192 valence electrons. The summed E-state index contributed by atoms with van der Waals surface area (Å²) in [6, 6.07) is 9.07. The number of carbonyl (C=O) groups excluding carboxylic acids is 3. The molecule has 2 rings (SSSR count). The third kappa shape index (κ3) is 8.58. The number of esters is 2. The van der Waals surface area contributed by atoms with Gasteiger partial charge in [0.2, 0.25) is 5.76 Å². The Morgan fingerprint density at radius 1 is 1.20 bits per heavy atom. The van der Waals surface area contributed by atoms with E-state index >= 15 is 0 Å². The molecule has 1 aliphatic rings. The van der Waals surface area contributed by atoms with Crippen LogP contribution >= 0.6 is 0 Å². The Balaban J connectivity index is 2.19. The molecule has 4 N–H and O–H groups in total. The first-order chi connectivity index (χ1) is 16.8. The van der Waals surface area contributed by atoms with Gasteiger partial charge in [0.15, 0.2) is 5.84 Å². The van der Waals surface area contributed by atoms with Crippen molar-refractivity contribution in [1.29, 1.82) is 0 Å². The van der Waals surface area contributed by atoms with Crippen molar-refractivity contribution in [3.8, 4) is 0 Å². The number of carbonyl (C=O) groups is 3. The van der Waals surface area contributed by atoms with Crippen LogP contribution in [-0.2, 0) is 40.0 Å². The van der Waals surface area contributed by atoms with E-state index in [0.717, 1.165) is 11.6 Å². The van der Waals surface area contributed by atoms with E-state index in [0.29, 0.717) is 6.42 Å². The van der Waals surface area contributed by atoms with Gasteiger partial charge in [0.25, 0.3) is 0 Å². The zero-order chi connectivity index (χ0) is 25.7. The van der Waals surface area contributed by atoms with E-state index in [9.17, 15) is 19.5 Å². The summed E-state index contributed by atoms with van der Waals surface area (Å²) in [6.07, 6.45) is 0.123. The maximum atomic E-state index is 12.6. The van der Waals surface area contributed by atoms with E-state index in [4.69, 9.17) is 29.5 Å². The molecule has 0 saturated carbocycles. The van der Waals surface area contributed by atoms with Crippen LogP contribution < -0.4 is 11.1 Å². The number of oxime groups is 1. The van der Waals surface area contributed by atoms with E-state index in [1.54, 1.807) is 26.0 Å². The molecule has 0 bridgehead atoms. The molecular weight excluding hydrogens is 462 g/mol. The Hall–Kier alpha value is -3.64. The van der Waals surface area contributed by atoms with Gasteiger partial charge >= 0.3 is 18.0 Å². The fraction of sp³-hybridized carbons (Fsp3) is 0.478. The molecular formula is C23H31N3O9. The van der Waals surface area contributed by atoms with Crippen molar-refractivity contribution in [2.24, 2.45) is 10.9 Å². The van der Waals surface area contributed by atoms with Gasteiger partial charge in [-0.25, -0.2) is 14.4 Å². The molecule has 1 aliphatic heterocycles. The minimum absolute atomic E-state index is 0.0196. The quantitative estimate of drug-likeness (QED) is 0.0772. The van der Waals surface area contributed by atoms with E-state index in [2.05, 4.69) is 10.5 Å². The first kappa shape index (κ1) is 27.6. The van der Waals surface area contributed by atoms with Gasteiger partial charge in [-0.05, 0) is 32.3 Å². The van der Waals surface area contributed by atoms with Crippen molar-refractivity contribution in [1.82, 2.24) is 5.32 Å². The SMILES string of the molecule is CCOC(=O)/C=C(/ON=C(N)[C@@]1(NC(=O)OCc2ccccc2)CC[C@@H](CO)OC1)C(=O)OCC. The topological polar surface area (TPSA) is 168 Å². The summed E-state index contributed by atoms with van der Waals surface area (Å²) in [4.78, 5) is 41.6. The first-order valence-electron chi connectivity index (χ1n) is 11.1. The average Bonchev–Trinajstić information content (AvgIpc) is 2.86. The average molecular weight is 494 g/mol. The molecule has 2 atom stereocenters. The second-order valence-electron chi connectivity index (χ2n) is 7.47. The maximum Gasteiger partial charge on any atom is 0.408 e. The molecule has 12 heteroatoms. The third-order valence-electron chi connectivity index (χ3n) is 4.96. The number of amides is 1. The van der Waals surface area contributed by atoms with Crippen molar-refractivity contribution in [3.05, 3.63) is 47.7 Å². The molecule has 0 spiro atoms. The summed E-state index contributed by atoms with van der Waals surface area (Å²) < 4.78 is 20.5. The molecule has 1 saturated heterocycles. The maximum absolute atomic E-state index is 12.6. The van der Waals surface area contributed by atoms with Gasteiger partial charge in [-0.2, -0.15) is 0 Å². The van der Waals surface area contributed by atoms with E-state index in [1.165, 1.54) is 0 Å². The second-order valence-corrected chi connectivity index (χ2v) is 7.47. The molecule has 12 nitrogen and oxygen atoms in total. The lowest BCUT2D eigenvalue weighted by Gasteiger charge is -2.38. The van der Waals surface area contributed by atoms with Gasteiger partial charge in [0, 0.05) is 0 Å². The van der Waals surface area contributed by atoms with E-state index in [-0.39, 0.29) is 45.3 Å². The molecule has 1 aromatic rings. The van der Waals surface area contributed by atoms with E-state index in [1.807, 2.05) is 18.2 Å². The summed E-state index contributed by atoms with van der Waals surface area (Å²) in [5, 5.41) is 15.8. The summed E-state index contributed by atoms with van der Waals surface area (Å²) in [5.41, 5.74) is 5.58. The fourth-order valence-corrected chi connectivity index (χ4v) is 3.09. The van der Waals surface area contributed by atoms with Crippen molar-refractivity contribution >= 4 is 23.9 Å². The van der Waals surface area contributed by atoms with Gasteiger partial charge in [0.05, 0.1) is 38.6 Å². The van der Waals surface area contributed by atoms with Crippen molar-refractivity contribution in [3.63, 3.8) is 0 Å². The standard InChI is InChI=1S/C23H31N3O9/c1-3-31-19(28)12-18(20(29)32-4-2)35-26-21(24)23(11-10-17(13-27)34-15-23)25-22(30)33-14-16-8-6-5-7-9-16/h5-9,12,17,27H,3-4,10-11,13-15H2,1-2H3,(H2,24,26)(H,25,30)/b18-12+/t17-,23+/m0/s1. The molecule has 35 heavy (non-hydrogen) atoms. The molecule has 1 fully saturated rings. The number of amidine groups is 1. The smallest absolute Gasteiger partial charge is 0.408 e. The zero-order valence-electron chi connectivity index (χ0n) is 19.7. The monoisotopic (exact) mass is 493 g/mol. The number of ether oxygens (including phenoxy) is 4. The van der Waals surface area contributed by atoms with Crippen LogP contribution in [0.15, 0.2) is 47.3 Å². The van der Waals surface area contributed by atoms with Crippen LogP contribution in [0.5, 0.6) is 0 Å². The third-order valence-corrected chi connectivity index (χ3v) is 4.96. The van der Waals surface area contributed by atoms with Gasteiger partial charge < -0.3 is 39.9 Å². The highest BCUT2D eigenvalue weighted by Crippen LogP contribution is 2.24. The highest BCUT2D eigenvalue weighted by atomic mass is 16.7. The normalized spacial score (nSPS) is 20.5. The summed E-state index contributed by atoms with van der Waals surface area (Å²) in [7, 11) is 0. The number of alkyl carbamates (subject to hydrolysis) is 1.